The molecule has 0 aliphatic heterocycles. The van der Waals surface area contributed by atoms with Crippen LogP contribution in [0.5, 0.6) is 0 Å². The Balaban J connectivity index is -0.000000224. The maximum atomic E-state index is 9.39. The second kappa shape index (κ2) is 25.0. The standard InChI is InChI=1S/2C10H13O2.C9H13O2.CH4.3U/c1-3-4-8-5-9(11)6-10(12)7(8)2;1-3-4-8-5-9(11)7(2)10(12)6-8;1-2-3-7-4-8(10)6-9(11)5-7;;;;/h2*3-5,9-12H,1-2,6H2;2-4,8-11H,1,5-6H2;1H4;;;/q3*-1;;;;/b2*8-4+;7-3+;;;;/t9-,10+;9-,10-;8-,9-;;;;/m111..../s1. The van der Waals surface area contributed by atoms with Gasteiger partial charge >= 0.3 is 0 Å². The van der Waals surface area contributed by atoms with Crippen LogP contribution in [0.2, 0.25) is 0 Å². The number of allylic oxidation sites excluding steroid dienone is 6. The van der Waals surface area contributed by atoms with Crippen LogP contribution in [0.15, 0.2) is 97.2 Å². The van der Waals surface area contributed by atoms with Gasteiger partial charge in [-0.3, -0.25) is 0 Å². The van der Waals surface area contributed by atoms with Gasteiger partial charge in [-0.05, 0) is 31.3 Å². The van der Waals surface area contributed by atoms with E-state index in [1.54, 1.807) is 49.6 Å². The van der Waals surface area contributed by atoms with Gasteiger partial charge in [0.2, 0.25) is 0 Å². The second-order valence-corrected chi connectivity index (χ2v) is 8.56. The molecule has 9 heteroatoms. The number of aliphatic hydroxyl groups is 6. The van der Waals surface area contributed by atoms with Gasteiger partial charge in [0.05, 0.1) is 12.2 Å². The van der Waals surface area contributed by atoms with E-state index >= 15 is 0 Å². The van der Waals surface area contributed by atoms with Crippen molar-refractivity contribution in [2.45, 2.75) is 69.7 Å². The third kappa shape index (κ3) is 17.9. The molecule has 0 bridgehead atoms. The van der Waals surface area contributed by atoms with Crippen molar-refractivity contribution in [3.8, 4) is 0 Å². The first-order valence-corrected chi connectivity index (χ1v) is 11.5. The summed E-state index contributed by atoms with van der Waals surface area (Å²) in [7, 11) is 0. The first-order valence-electron chi connectivity index (χ1n) is 11.5. The number of rotatable bonds is 3. The molecule has 0 spiro atoms. The molecule has 6 atom stereocenters. The molecule has 6 N–H and O–H groups in total. The second-order valence-electron chi connectivity index (χ2n) is 8.56. The Morgan fingerprint density at radius 3 is 1.59 bits per heavy atom. The van der Waals surface area contributed by atoms with E-state index < -0.39 is 36.6 Å². The number of aliphatic hydroxyl groups excluding tert-OH is 6. The van der Waals surface area contributed by atoms with E-state index in [9.17, 15) is 30.6 Å². The van der Waals surface area contributed by atoms with Gasteiger partial charge in [-0.15, -0.1) is 38.0 Å². The van der Waals surface area contributed by atoms with Crippen LogP contribution in [0, 0.1) is 113 Å². The van der Waals surface area contributed by atoms with Crippen molar-refractivity contribution >= 4 is 0 Å². The van der Waals surface area contributed by atoms with E-state index in [1.807, 2.05) is 6.08 Å². The Kier molecular flexibility index (Phi) is 29.7. The molecule has 3 aliphatic carbocycles. The first-order chi connectivity index (χ1) is 16.5. The summed E-state index contributed by atoms with van der Waals surface area (Å²) in [6, 6.07) is 0. The minimum absolute atomic E-state index is 0. The fraction of sp³-hybridized carbons (Fsp3) is 0.367. The predicted octanol–water partition coefficient (Wildman–Crippen LogP) is 3.42. The van der Waals surface area contributed by atoms with Crippen LogP contribution in [0.3, 0.4) is 0 Å². The fourth-order valence-corrected chi connectivity index (χ4v) is 3.73. The summed E-state index contributed by atoms with van der Waals surface area (Å²) in [6.45, 7) is 17.9. The van der Waals surface area contributed by atoms with E-state index in [-0.39, 0.29) is 101 Å². The van der Waals surface area contributed by atoms with E-state index in [4.69, 9.17) is 0 Å². The van der Waals surface area contributed by atoms with Crippen LogP contribution in [0.4, 0.5) is 0 Å². The molecule has 3 saturated carbocycles. The van der Waals surface area contributed by atoms with Crippen LogP contribution in [-0.2, 0) is 0 Å². The van der Waals surface area contributed by atoms with Gasteiger partial charge in [0.15, 0.2) is 0 Å². The zero-order chi connectivity index (χ0) is 26.5. The van der Waals surface area contributed by atoms with Crippen molar-refractivity contribution in [2.24, 2.45) is 0 Å². The van der Waals surface area contributed by atoms with Gasteiger partial charge in [0, 0.05) is 118 Å². The topological polar surface area (TPSA) is 121 Å². The summed E-state index contributed by atoms with van der Waals surface area (Å²) in [6.07, 6.45) is 13.8. The Hall–Kier alpha value is 0.446. The third-order valence-electron chi connectivity index (χ3n) is 5.57. The van der Waals surface area contributed by atoms with Gasteiger partial charge in [0.1, 0.15) is 0 Å². The van der Waals surface area contributed by atoms with Crippen molar-refractivity contribution in [3.05, 3.63) is 116 Å². The summed E-state index contributed by atoms with van der Waals surface area (Å²) >= 11 is 0. The number of hydrogen-bond acceptors (Lipinski definition) is 6. The molecule has 214 valence electrons. The molecule has 0 saturated heterocycles. The Labute approximate surface area is 306 Å². The summed E-state index contributed by atoms with van der Waals surface area (Å²) in [5.41, 5.74) is 3.76. The van der Waals surface area contributed by atoms with Crippen LogP contribution < -0.4 is 0 Å². The quantitative estimate of drug-likeness (QED) is 0.191. The first kappa shape index (κ1) is 46.4. The van der Waals surface area contributed by atoms with E-state index in [0.717, 1.165) is 16.7 Å². The van der Waals surface area contributed by atoms with Crippen LogP contribution in [-0.4, -0.2) is 67.3 Å². The fourth-order valence-electron chi connectivity index (χ4n) is 3.73. The molecular formula is C30H43O6U3-3. The SMILES string of the molecule is C.C=C/C=C1\[CH-][C@@H](O)C(=C)[C@H](O)C1.C=C/C=C1\[CH-][C@@H](O)C[C@H](O)C1.C=C/C=C1\[CH-][C@@H](O)C[C@H](O)C1=C.[U].[U].[U]. The molecule has 0 amide bonds. The molecule has 3 aliphatic rings. The Morgan fingerprint density at radius 1 is 0.641 bits per heavy atom. The van der Waals surface area contributed by atoms with Gasteiger partial charge in [-0.1, -0.05) is 14.0 Å². The average molecular weight is 1210 g/mol. The van der Waals surface area contributed by atoms with Crippen molar-refractivity contribution in [2.75, 3.05) is 0 Å². The van der Waals surface area contributed by atoms with Crippen molar-refractivity contribution in [3.63, 3.8) is 0 Å². The Morgan fingerprint density at radius 2 is 1.13 bits per heavy atom. The number of hydrogen-bond donors (Lipinski definition) is 6. The van der Waals surface area contributed by atoms with Crippen molar-refractivity contribution in [1.82, 2.24) is 0 Å². The molecule has 0 aromatic heterocycles. The molecule has 39 heavy (non-hydrogen) atoms. The molecule has 0 aromatic rings. The molecule has 0 aromatic carbocycles. The largest absolute Gasteiger partial charge is 0.407 e. The average Bonchev–Trinajstić information content (AvgIpc) is 2.76. The molecule has 0 unspecified atom stereocenters. The van der Waals surface area contributed by atoms with Gasteiger partial charge in [-0.2, -0.15) is 43.1 Å². The van der Waals surface area contributed by atoms with Crippen molar-refractivity contribution in [1.29, 1.82) is 0 Å². The predicted molar refractivity (Wildman–Crippen MR) is 147 cm³/mol. The van der Waals surface area contributed by atoms with Gasteiger partial charge in [0.25, 0.3) is 0 Å². The minimum atomic E-state index is -0.722. The molecule has 3 fully saturated rings. The molecule has 6 nitrogen and oxygen atoms in total. The summed E-state index contributed by atoms with van der Waals surface area (Å²) < 4.78 is 0. The zero-order valence-corrected chi connectivity index (χ0v) is 34.2. The summed E-state index contributed by atoms with van der Waals surface area (Å²) in [5.74, 6) is 0. The molecule has 0 radical (unpaired) electrons. The van der Waals surface area contributed by atoms with Gasteiger partial charge < -0.3 is 30.6 Å². The van der Waals surface area contributed by atoms with Crippen molar-refractivity contribution < 1.29 is 124 Å². The molecular weight excluding hydrogens is 1170 g/mol. The maximum absolute atomic E-state index is 9.39. The molecule has 3 rings (SSSR count). The normalized spacial score (nSPS) is 30.3. The zero-order valence-electron chi connectivity index (χ0n) is 21.7. The third-order valence-corrected chi connectivity index (χ3v) is 5.57. The van der Waals surface area contributed by atoms with Crippen LogP contribution in [0.25, 0.3) is 0 Å². The van der Waals surface area contributed by atoms with E-state index in [2.05, 4.69) is 32.9 Å². The monoisotopic (exact) mass is 1210 g/mol. The summed E-state index contributed by atoms with van der Waals surface area (Å²) in [5, 5.41) is 55.8. The van der Waals surface area contributed by atoms with E-state index in [1.165, 1.54) is 0 Å². The summed E-state index contributed by atoms with van der Waals surface area (Å²) in [4.78, 5) is 0. The minimum Gasteiger partial charge on any atom is -0.407 e. The Bertz CT molecular complexity index is 837. The van der Waals surface area contributed by atoms with Gasteiger partial charge in [-0.25, -0.2) is 23.3 Å². The van der Waals surface area contributed by atoms with Crippen LogP contribution >= 0.6 is 0 Å². The van der Waals surface area contributed by atoms with E-state index in [0.29, 0.717) is 36.8 Å². The molecule has 0 heterocycles. The maximum Gasteiger partial charge on any atom is 0.0771 e. The smallest absolute Gasteiger partial charge is 0.0771 e. The van der Waals surface area contributed by atoms with Crippen LogP contribution in [0.1, 0.15) is 33.1 Å².